The second kappa shape index (κ2) is 11.4. The van der Waals surface area contributed by atoms with E-state index in [1.807, 2.05) is 60.7 Å². The largest absolute Gasteiger partial charge is 0.535 e. The van der Waals surface area contributed by atoms with Gasteiger partial charge in [0, 0.05) is 38.4 Å². The minimum Gasteiger partial charge on any atom is -0.535 e. The van der Waals surface area contributed by atoms with Gasteiger partial charge >= 0.3 is 0 Å². The van der Waals surface area contributed by atoms with Gasteiger partial charge in [-0.2, -0.15) is 0 Å². The fraction of sp³-hybridized carbons (Fsp3) is 0.345. The van der Waals surface area contributed by atoms with E-state index in [0.717, 1.165) is 22.2 Å². The van der Waals surface area contributed by atoms with Crippen LogP contribution in [0.2, 0.25) is 5.04 Å². The van der Waals surface area contributed by atoms with E-state index >= 15 is 0 Å². The number of fused-ring (bicyclic) bond motifs is 3. The van der Waals surface area contributed by atoms with E-state index in [2.05, 4.69) is 56.9 Å². The molecule has 1 aliphatic carbocycles. The first kappa shape index (κ1) is 26.3. The number of para-hydroxylation sites is 1. The smallest absolute Gasteiger partial charge is 0.258 e. The van der Waals surface area contributed by atoms with Crippen molar-refractivity contribution < 1.29 is 37.5 Å². The Labute approximate surface area is 226 Å². The Balaban J connectivity index is 0.000000185. The molecule has 1 heterocycles. The van der Waals surface area contributed by atoms with Crippen molar-refractivity contribution >= 4 is 24.4 Å². The molecule has 2 aliphatic rings. The molecule has 171 valence electrons. The van der Waals surface area contributed by atoms with Crippen LogP contribution < -0.4 is 15.7 Å². The molecular formula is C29H36NOSiY-. The number of hydrogen-bond acceptors (Lipinski definition) is 2. The quantitative estimate of drug-likeness (QED) is 0.310. The Kier molecular flexibility index (Phi) is 9.14. The standard InChI is InChI=1S/C16H20OSi.C13H16N.Y/c1-16(2,3)18(17,14-10-6-4-7-11-14)15-12-8-5-9-13-15;1-2-6-11-10(5-1)9-14-13-8-4-3-7-12(11)13;/h4-13,17H,1-3H3;3-4,7-11,14H,1-2,5-6H2;/q;-1;. The maximum absolute atomic E-state index is 11.4. The molecule has 2 atom stereocenters. The predicted octanol–water partition coefficient (Wildman–Crippen LogP) is 6.08. The van der Waals surface area contributed by atoms with Crippen molar-refractivity contribution in [2.45, 2.75) is 57.4 Å². The van der Waals surface area contributed by atoms with Crippen molar-refractivity contribution in [2.75, 3.05) is 5.32 Å². The van der Waals surface area contributed by atoms with Gasteiger partial charge < -0.3 is 10.1 Å². The molecule has 2 N–H and O–H groups in total. The first-order chi connectivity index (χ1) is 15.4. The summed E-state index contributed by atoms with van der Waals surface area (Å²) in [5.74, 6) is 1.57. The van der Waals surface area contributed by atoms with Crippen LogP contribution in [0, 0.1) is 12.5 Å². The Hall–Kier alpha value is -1.26. The summed E-state index contributed by atoms with van der Waals surface area (Å²) in [5, 5.41) is 5.44. The van der Waals surface area contributed by atoms with E-state index in [1.54, 1.807) is 5.56 Å². The summed E-state index contributed by atoms with van der Waals surface area (Å²) in [5.41, 5.74) is 2.87. The van der Waals surface area contributed by atoms with Gasteiger partial charge in [0.15, 0.2) is 0 Å². The van der Waals surface area contributed by atoms with Gasteiger partial charge in [0.05, 0.1) is 0 Å². The van der Waals surface area contributed by atoms with Crippen molar-refractivity contribution in [3.8, 4) is 0 Å². The average Bonchev–Trinajstić information content (AvgIpc) is 2.84. The van der Waals surface area contributed by atoms with Gasteiger partial charge in [-0.15, -0.1) is 5.92 Å². The summed E-state index contributed by atoms with van der Waals surface area (Å²) in [7, 11) is -2.70. The van der Waals surface area contributed by atoms with Gasteiger partial charge in [0.25, 0.3) is 8.32 Å². The van der Waals surface area contributed by atoms with Crippen LogP contribution in [0.4, 0.5) is 5.69 Å². The van der Waals surface area contributed by atoms with Crippen molar-refractivity contribution in [1.82, 2.24) is 0 Å². The minimum atomic E-state index is -2.70. The summed E-state index contributed by atoms with van der Waals surface area (Å²) >= 11 is 0. The Morgan fingerprint density at radius 1 is 0.788 bits per heavy atom. The number of rotatable bonds is 2. The van der Waals surface area contributed by atoms with E-state index in [0.29, 0.717) is 0 Å². The summed E-state index contributed by atoms with van der Waals surface area (Å²) < 4.78 is 0. The molecule has 0 aromatic heterocycles. The van der Waals surface area contributed by atoms with Crippen LogP contribution in [-0.4, -0.2) is 13.1 Å². The van der Waals surface area contributed by atoms with Crippen LogP contribution in [-0.2, 0) is 32.7 Å². The zero-order valence-electron chi connectivity index (χ0n) is 20.2. The van der Waals surface area contributed by atoms with Crippen LogP contribution in [0.5, 0.6) is 0 Å². The number of anilines is 1. The molecule has 0 bridgehead atoms. The van der Waals surface area contributed by atoms with Crippen LogP contribution in [0.15, 0.2) is 84.9 Å². The third kappa shape index (κ3) is 5.70. The maximum Gasteiger partial charge on any atom is 0.258 e. The second-order valence-electron chi connectivity index (χ2n) is 10.1. The first-order valence-corrected chi connectivity index (χ1v) is 13.9. The number of nitrogens with one attached hydrogen (secondary N) is 1. The van der Waals surface area contributed by atoms with Gasteiger partial charge in [-0.1, -0.05) is 119 Å². The van der Waals surface area contributed by atoms with Crippen LogP contribution in [0.3, 0.4) is 0 Å². The predicted molar refractivity (Wildman–Crippen MR) is 139 cm³/mol. The Morgan fingerprint density at radius 3 is 1.88 bits per heavy atom. The second-order valence-corrected chi connectivity index (χ2v) is 14.2. The molecule has 0 saturated heterocycles. The summed E-state index contributed by atoms with van der Waals surface area (Å²) in [6.45, 7) is 8.68. The van der Waals surface area contributed by atoms with Crippen molar-refractivity contribution in [2.24, 2.45) is 5.92 Å². The van der Waals surface area contributed by atoms with Crippen LogP contribution in [0.1, 0.15) is 57.9 Å². The molecule has 3 aromatic rings. The number of benzene rings is 3. The van der Waals surface area contributed by atoms with E-state index in [9.17, 15) is 4.80 Å². The molecule has 1 radical (unpaired) electrons. The normalized spacial score (nSPS) is 19.5. The molecule has 2 nitrogen and oxygen atoms in total. The van der Waals surface area contributed by atoms with Crippen LogP contribution in [0.25, 0.3) is 0 Å². The fourth-order valence-electron chi connectivity index (χ4n) is 5.29. The fourth-order valence-corrected chi connectivity index (χ4v) is 8.70. The van der Waals surface area contributed by atoms with Gasteiger partial charge in [0.2, 0.25) is 0 Å². The summed E-state index contributed by atoms with van der Waals surface area (Å²) in [4.78, 5) is 11.4. The monoisotopic (exact) mass is 531 g/mol. The van der Waals surface area contributed by atoms with Crippen molar-refractivity contribution in [1.29, 1.82) is 0 Å². The van der Waals surface area contributed by atoms with Crippen molar-refractivity contribution in [3.63, 3.8) is 0 Å². The molecule has 33 heavy (non-hydrogen) atoms. The maximum atomic E-state index is 11.4. The Morgan fingerprint density at radius 2 is 1.30 bits per heavy atom. The van der Waals surface area contributed by atoms with Crippen molar-refractivity contribution in [3.05, 3.63) is 97.0 Å². The molecule has 1 aliphatic heterocycles. The molecule has 0 amide bonds. The topological polar surface area (TPSA) is 32.3 Å². The summed E-state index contributed by atoms with van der Waals surface area (Å²) in [6, 6.07) is 28.9. The minimum absolute atomic E-state index is 0. The van der Waals surface area contributed by atoms with Gasteiger partial charge in [-0.25, -0.2) is 6.54 Å². The molecule has 4 heteroatoms. The van der Waals surface area contributed by atoms with Gasteiger partial charge in [-0.05, 0) is 39.4 Å². The summed E-state index contributed by atoms with van der Waals surface area (Å²) in [6.07, 6.45) is 5.55. The van der Waals surface area contributed by atoms with E-state index in [1.165, 1.54) is 31.4 Å². The molecule has 5 rings (SSSR count). The van der Waals surface area contributed by atoms with Gasteiger partial charge in [-0.3, -0.25) is 0 Å². The van der Waals surface area contributed by atoms with E-state index < -0.39 is 8.32 Å². The zero-order chi connectivity index (χ0) is 22.6. The van der Waals surface area contributed by atoms with Gasteiger partial charge in [0.1, 0.15) is 0 Å². The molecule has 1 fully saturated rings. The first-order valence-electron chi connectivity index (χ1n) is 11.9. The van der Waals surface area contributed by atoms with Crippen LogP contribution >= 0.6 is 0 Å². The van der Waals surface area contributed by atoms with E-state index in [4.69, 9.17) is 0 Å². The molecular weight excluding hydrogens is 495 g/mol. The third-order valence-corrected chi connectivity index (χ3v) is 11.6. The Bertz CT molecular complexity index is 963. The zero-order valence-corrected chi connectivity index (χ0v) is 24.0. The molecule has 3 aromatic carbocycles. The van der Waals surface area contributed by atoms with E-state index in [-0.39, 0.29) is 37.7 Å². The number of hydrogen-bond donors (Lipinski definition) is 2. The molecule has 2 unspecified atom stereocenters. The third-order valence-electron chi connectivity index (χ3n) is 7.10. The SMILES string of the molecule is CC(C)(C)[Si](O)(c1ccccc1)c1ccccc1.[Y].c1ccc2c(c1)N[CH-]C1CCCCC21. The average molecular weight is 532 g/mol. The molecule has 0 spiro atoms. The molecule has 1 saturated carbocycles.